The molecule has 6 atom stereocenters. The van der Waals surface area contributed by atoms with E-state index in [4.69, 9.17) is 45.0 Å². The molecule has 24 nitrogen and oxygen atoms in total. The average molecular weight is 1400 g/mol. The van der Waals surface area contributed by atoms with Crippen LogP contribution in [0.3, 0.4) is 0 Å². The molecule has 528 valence electrons. The Morgan fingerprint density at radius 3 is 1.21 bits per heavy atom. The van der Waals surface area contributed by atoms with E-state index < -0.39 is 97.6 Å². The van der Waals surface area contributed by atoms with Gasteiger partial charge >= 0.3 is 0 Å². The Balaban J connectivity index is 0.000000149. The highest BCUT2D eigenvalue weighted by Gasteiger charge is 2.43. The molecule has 15 rings (SSSR count). The molecule has 9 aliphatic heterocycles. The maximum absolute atomic E-state index is 13.3. The van der Waals surface area contributed by atoms with Crippen molar-refractivity contribution >= 4 is 53.2 Å². The Bertz CT molecular complexity index is 4880. The second-order valence-corrected chi connectivity index (χ2v) is 24.9. The van der Waals surface area contributed by atoms with E-state index in [2.05, 4.69) is 19.7 Å². The SMILES string of the molecule is [2H]C1C(=C)N([2H])C(=O)C([2H])(N2Cc3c(OCc4ccc(CN5CCOCC5=O)cc4)cccc3C2=O)C1[2H].[2H]C1C(N2Cc3c(OCc4ccc(CN5CCOCC5=O)cc4)cccc3C2=O)C(=O)N([2H])C(=C)C1([2H])[2H].[2H]N1C(=C)C([2H])([2H])CC([2H])(N2Cc3c(OCc4ccc(CN5CCOCC5=O)cc4)cccc3C2=O)C1=O. The summed E-state index contributed by atoms with van der Waals surface area (Å²) in [5.74, 6) is -3.55. The van der Waals surface area contributed by atoms with E-state index in [0.717, 1.165) is 48.1 Å². The van der Waals surface area contributed by atoms with E-state index in [-0.39, 0.29) is 105 Å². The lowest BCUT2D eigenvalue weighted by atomic mass is 10.0. The molecule has 0 saturated carbocycles. The molecule has 3 N–H and O–H groups in total. The molecule has 6 unspecified atom stereocenters. The molecule has 0 spiro atoms. The molecule has 9 amide bonds. The van der Waals surface area contributed by atoms with E-state index in [9.17, 15) is 43.2 Å². The summed E-state index contributed by atoms with van der Waals surface area (Å²) in [6.45, 7) is 15.8. The number of piperidine rings is 3. The molecule has 6 saturated heterocycles. The summed E-state index contributed by atoms with van der Waals surface area (Å²) in [5.41, 5.74) is 6.95. The Kier molecular flexibility index (Phi) is 17.1. The average Bonchev–Trinajstić information content (AvgIpc) is 1.51. The van der Waals surface area contributed by atoms with Crippen molar-refractivity contribution in [3.05, 3.63) is 231 Å². The summed E-state index contributed by atoms with van der Waals surface area (Å²) in [6.07, 6.45) is -9.83. The molecule has 0 radical (unpaired) electrons. The van der Waals surface area contributed by atoms with E-state index >= 15 is 0 Å². The maximum Gasteiger partial charge on any atom is 0.255 e. The van der Waals surface area contributed by atoms with Gasteiger partial charge in [0.1, 0.15) is 75.0 Å². The summed E-state index contributed by atoms with van der Waals surface area (Å²) in [6, 6.07) is 31.6. The molecule has 9 heterocycles. The zero-order chi connectivity index (χ0) is 81.6. The summed E-state index contributed by atoms with van der Waals surface area (Å²) in [4.78, 5) is 122. The number of fused-ring (bicyclic) bond motifs is 3. The van der Waals surface area contributed by atoms with Crippen LogP contribution in [0.1, 0.15) is 132 Å². The lowest BCUT2D eigenvalue weighted by molar-refractivity contribution is -0.144. The van der Waals surface area contributed by atoms with Gasteiger partial charge in [-0.05, 0) is 108 Å². The van der Waals surface area contributed by atoms with Crippen molar-refractivity contribution in [1.82, 2.24) is 45.3 Å². The lowest BCUT2D eigenvalue weighted by Crippen LogP contribution is -2.49. The number of nitrogens with zero attached hydrogens (tertiary/aromatic N) is 6. The molecule has 0 aromatic heterocycles. The van der Waals surface area contributed by atoms with Crippen molar-refractivity contribution in [3.63, 3.8) is 0 Å². The number of hydrogen-bond donors (Lipinski definition) is 3. The normalized spacial score (nSPS) is 27.0. The predicted molar refractivity (Wildman–Crippen MR) is 371 cm³/mol. The van der Waals surface area contributed by atoms with Gasteiger partial charge in [0, 0.05) is 99.3 Å². The van der Waals surface area contributed by atoms with Gasteiger partial charge in [-0.2, -0.15) is 0 Å². The minimum absolute atomic E-state index is 0.0339. The smallest absolute Gasteiger partial charge is 0.255 e. The third kappa shape index (κ3) is 15.9. The number of carbonyl (C=O) groups is 9. The number of morpholine rings is 3. The third-order valence-electron chi connectivity index (χ3n) is 18.1. The van der Waals surface area contributed by atoms with Crippen LogP contribution in [-0.2, 0) is 102 Å². The van der Waals surface area contributed by atoms with Crippen molar-refractivity contribution in [2.75, 3.05) is 59.3 Å². The fourth-order valence-corrected chi connectivity index (χ4v) is 12.6. The molecule has 102 heavy (non-hydrogen) atoms. The van der Waals surface area contributed by atoms with Crippen LogP contribution in [0.2, 0.25) is 4.24 Å². The first-order valence-corrected chi connectivity index (χ1v) is 33.1. The number of ether oxygens (including phenoxy) is 6. The van der Waals surface area contributed by atoms with Crippen LogP contribution in [0.15, 0.2) is 164 Å². The predicted octanol–water partition coefficient (Wildman–Crippen LogP) is 7.12. The molecule has 6 fully saturated rings. The molecule has 0 bridgehead atoms. The summed E-state index contributed by atoms with van der Waals surface area (Å²) >= 11 is 0. The number of amides is 9. The number of rotatable bonds is 18. The monoisotopic (exact) mass is 1400 g/mol. The Labute approximate surface area is 607 Å². The zero-order valence-electron chi connectivity index (χ0n) is 67.6. The highest BCUT2D eigenvalue weighted by atomic mass is 16.5. The highest BCUT2D eigenvalue weighted by molar-refractivity contribution is 6.04. The van der Waals surface area contributed by atoms with E-state index in [0.29, 0.717) is 109 Å². The van der Waals surface area contributed by atoms with Gasteiger partial charge in [-0.1, -0.05) is 111 Å². The van der Waals surface area contributed by atoms with Gasteiger partial charge in [-0.15, -0.1) is 0 Å². The largest absolute Gasteiger partial charge is 0.489 e. The summed E-state index contributed by atoms with van der Waals surface area (Å²) in [5, 5.41) is 0.979. The first-order valence-electron chi connectivity index (χ1n) is 39.1. The minimum atomic E-state index is -2.44. The van der Waals surface area contributed by atoms with E-state index in [1.165, 1.54) is 0 Å². The highest BCUT2D eigenvalue weighted by Crippen LogP contribution is 2.38. The van der Waals surface area contributed by atoms with Crippen molar-refractivity contribution < 1.29 is 88.1 Å². The Morgan fingerprint density at radius 2 is 0.784 bits per heavy atom. The second kappa shape index (κ2) is 31.3. The Morgan fingerprint density at radius 1 is 0.431 bits per heavy atom. The van der Waals surface area contributed by atoms with Crippen LogP contribution in [0.5, 0.6) is 17.2 Å². The fraction of sp³-hybridized carbons (Fsp3) is 0.346. The molecule has 6 aromatic carbocycles. The van der Waals surface area contributed by atoms with Gasteiger partial charge < -0.3 is 73.8 Å². The number of carbonyl (C=O) groups excluding carboxylic acids is 9. The van der Waals surface area contributed by atoms with Crippen LogP contribution < -0.4 is 30.1 Å². The molecule has 6 aromatic rings. The van der Waals surface area contributed by atoms with Crippen LogP contribution in [0.4, 0.5) is 0 Å². The van der Waals surface area contributed by atoms with Crippen LogP contribution in [0.25, 0.3) is 0 Å². The van der Waals surface area contributed by atoms with Gasteiger partial charge in [-0.25, -0.2) is 0 Å². The standard InChI is InChI=1S/3C26H27N3O5/c3*1-17-5-10-22(25(31)27-17)29-14-21-20(26(29)32)3-2-4-23(21)34-15-19-8-6-18(7-9-19)13-28-11-12-33-16-24(28)30/h3*2-4,6-9,22H,1,5,10-16H2,(H,27,31)/i5D,10D,22D;5D2,22D;5D2,10D/hD3. The molecular weight excluding hydrogens is 1300 g/mol. The van der Waals surface area contributed by atoms with Gasteiger partial charge in [0.05, 0.1) is 42.2 Å². The summed E-state index contributed by atoms with van der Waals surface area (Å²) in [7, 11) is 0. The van der Waals surface area contributed by atoms with Gasteiger partial charge in [0.15, 0.2) is 4.24 Å². The minimum Gasteiger partial charge on any atom is -0.489 e. The molecular formula is C78H81N9O15. The first kappa shape index (κ1) is 55.8. The van der Waals surface area contributed by atoms with Crippen molar-refractivity contribution in [1.29, 1.82) is 0 Å². The van der Waals surface area contributed by atoms with Crippen molar-refractivity contribution in [3.8, 4) is 17.2 Å². The van der Waals surface area contributed by atoms with E-state index in [1.54, 1.807) is 69.3 Å². The van der Waals surface area contributed by atoms with Crippen molar-refractivity contribution in [2.45, 2.75) is 116 Å². The van der Waals surface area contributed by atoms with Crippen LogP contribution in [-0.4, -0.2) is 160 Å². The van der Waals surface area contributed by atoms with Crippen LogP contribution >= 0.6 is 0 Å². The first-order chi connectivity index (χ1) is 54.2. The quantitative estimate of drug-likeness (QED) is 0.0774. The van der Waals surface area contributed by atoms with Gasteiger partial charge in [-0.3, -0.25) is 43.2 Å². The van der Waals surface area contributed by atoms with E-state index in [1.807, 2.05) is 72.8 Å². The molecule has 9 aliphatic rings. The van der Waals surface area contributed by atoms with Crippen LogP contribution in [0, 0.1) is 0 Å². The molecule has 0 aliphatic carbocycles. The third-order valence-corrected chi connectivity index (χ3v) is 18.1. The zero-order valence-corrected chi connectivity index (χ0v) is 55.6. The number of benzene rings is 6. The van der Waals surface area contributed by atoms with Gasteiger partial charge in [0.25, 0.3) is 17.7 Å². The molecule has 24 heteroatoms. The lowest BCUT2D eigenvalue weighted by Gasteiger charge is -2.31. The number of allylic oxidation sites excluding steroid dienone is 3. The topological polar surface area (TPSA) is 265 Å². The van der Waals surface area contributed by atoms with Crippen molar-refractivity contribution in [2.24, 2.45) is 0 Å². The summed E-state index contributed by atoms with van der Waals surface area (Å²) < 4.78 is 132. The maximum atomic E-state index is 13.3. The number of hydrogen-bond acceptors (Lipinski definition) is 15. The van der Waals surface area contributed by atoms with Gasteiger partial charge in [0.2, 0.25) is 35.4 Å². The second-order valence-electron chi connectivity index (χ2n) is 24.9. The Hall–Kier alpha value is -11.0. The fourth-order valence-electron chi connectivity index (χ4n) is 12.6. The number of nitrogens with one attached hydrogen (secondary N) is 3.